The van der Waals surface area contributed by atoms with Gasteiger partial charge in [-0.3, -0.25) is 14.9 Å². The molecule has 2 heterocycles. The van der Waals surface area contributed by atoms with E-state index < -0.39 is 14.9 Å². The van der Waals surface area contributed by atoms with Crippen LogP contribution in [-0.2, 0) is 14.8 Å². The lowest BCUT2D eigenvalue weighted by atomic mass is 9.97. The number of piperidine rings is 1. The SMILES string of the molecule is Cc1csc(NC(=O)C2CCN(S(=O)(=O)c3cc([N+](=O)[O-])ccc3C)CC2)n1. The van der Waals surface area contributed by atoms with Crippen molar-refractivity contribution in [3.8, 4) is 0 Å². The highest BCUT2D eigenvalue weighted by atomic mass is 32.2. The molecule has 9 nitrogen and oxygen atoms in total. The largest absolute Gasteiger partial charge is 0.302 e. The highest BCUT2D eigenvalue weighted by Gasteiger charge is 2.33. The zero-order valence-corrected chi connectivity index (χ0v) is 17.0. The monoisotopic (exact) mass is 424 g/mol. The van der Waals surface area contributed by atoms with Gasteiger partial charge in [-0.1, -0.05) is 6.07 Å². The van der Waals surface area contributed by atoms with Crippen molar-refractivity contribution in [2.45, 2.75) is 31.6 Å². The standard InChI is InChI=1S/C17H20N4O5S2/c1-11-3-4-14(21(23)24)9-15(11)28(25,26)20-7-5-13(6-8-20)16(22)19-17-18-12(2)10-27-17/h3-4,9-10,13H,5-8H2,1-2H3,(H,18,19,22). The van der Waals surface area contributed by atoms with Gasteiger partial charge in [0.1, 0.15) is 0 Å². The van der Waals surface area contributed by atoms with Crippen molar-refractivity contribution in [3.63, 3.8) is 0 Å². The van der Waals surface area contributed by atoms with Gasteiger partial charge in [0, 0.05) is 36.5 Å². The molecule has 0 spiro atoms. The Labute approximate surface area is 166 Å². The Bertz CT molecular complexity index is 1010. The van der Waals surface area contributed by atoms with E-state index >= 15 is 0 Å². The summed E-state index contributed by atoms with van der Waals surface area (Å²) in [6.45, 7) is 3.80. The predicted octanol–water partition coefficient (Wildman–Crippen LogP) is 2.71. The second kappa shape index (κ2) is 7.94. The van der Waals surface area contributed by atoms with E-state index in [9.17, 15) is 23.3 Å². The third-order valence-electron chi connectivity index (χ3n) is 4.67. The summed E-state index contributed by atoms with van der Waals surface area (Å²) >= 11 is 1.34. The van der Waals surface area contributed by atoms with Crippen LogP contribution in [0.15, 0.2) is 28.5 Å². The normalized spacial score (nSPS) is 16.1. The van der Waals surface area contributed by atoms with Crippen LogP contribution in [0.25, 0.3) is 0 Å². The minimum Gasteiger partial charge on any atom is -0.302 e. The van der Waals surface area contributed by atoms with E-state index in [0.29, 0.717) is 23.5 Å². The van der Waals surface area contributed by atoms with Crippen molar-refractivity contribution in [3.05, 3.63) is 45.0 Å². The number of rotatable bonds is 5. The van der Waals surface area contributed by atoms with Crippen LogP contribution < -0.4 is 5.32 Å². The number of amides is 1. The van der Waals surface area contributed by atoms with Crippen molar-refractivity contribution in [1.82, 2.24) is 9.29 Å². The molecular formula is C17H20N4O5S2. The van der Waals surface area contributed by atoms with Gasteiger partial charge in [-0.05, 0) is 32.3 Å². The number of sulfonamides is 1. The van der Waals surface area contributed by atoms with Gasteiger partial charge in [-0.25, -0.2) is 13.4 Å². The lowest BCUT2D eigenvalue weighted by Gasteiger charge is -2.30. The molecule has 0 atom stereocenters. The molecule has 0 aliphatic carbocycles. The first-order valence-corrected chi connectivity index (χ1v) is 11.0. The quantitative estimate of drug-likeness (QED) is 0.582. The van der Waals surface area contributed by atoms with Gasteiger partial charge >= 0.3 is 0 Å². The summed E-state index contributed by atoms with van der Waals surface area (Å²) in [5.74, 6) is -0.472. The van der Waals surface area contributed by atoms with E-state index in [0.717, 1.165) is 11.8 Å². The summed E-state index contributed by atoms with van der Waals surface area (Å²) < 4.78 is 27.2. The summed E-state index contributed by atoms with van der Waals surface area (Å²) in [5, 5.41) is 16.1. The van der Waals surface area contributed by atoms with Gasteiger partial charge < -0.3 is 5.32 Å². The summed E-state index contributed by atoms with van der Waals surface area (Å²) in [7, 11) is -3.87. The lowest BCUT2D eigenvalue weighted by Crippen LogP contribution is -2.41. The second-order valence-electron chi connectivity index (χ2n) is 6.67. The average molecular weight is 425 g/mol. The number of aryl methyl sites for hydroxylation is 2. The molecule has 0 saturated carbocycles. The molecule has 11 heteroatoms. The molecule has 1 N–H and O–H groups in total. The van der Waals surface area contributed by atoms with E-state index in [4.69, 9.17) is 0 Å². The highest BCUT2D eigenvalue weighted by Crippen LogP contribution is 2.29. The number of hydrogen-bond donors (Lipinski definition) is 1. The third-order valence-corrected chi connectivity index (χ3v) is 7.59. The molecule has 1 aliphatic heterocycles. The molecule has 0 radical (unpaired) electrons. The molecule has 28 heavy (non-hydrogen) atoms. The Morgan fingerprint density at radius 1 is 1.32 bits per heavy atom. The van der Waals surface area contributed by atoms with Crippen molar-refractivity contribution in [2.24, 2.45) is 5.92 Å². The maximum Gasteiger partial charge on any atom is 0.270 e. The summed E-state index contributed by atoms with van der Waals surface area (Å²) in [6.07, 6.45) is 0.757. The topological polar surface area (TPSA) is 123 Å². The fourth-order valence-corrected chi connectivity index (χ4v) is 5.50. The summed E-state index contributed by atoms with van der Waals surface area (Å²) in [5.41, 5.74) is 1.01. The van der Waals surface area contributed by atoms with Crippen molar-refractivity contribution in [2.75, 3.05) is 18.4 Å². The molecule has 1 amide bonds. The zero-order chi connectivity index (χ0) is 20.5. The number of non-ortho nitro benzene ring substituents is 1. The van der Waals surface area contributed by atoms with Crippen molar-refractivity contribution >= 4 is 38.1 Å². The number of benzene rings is 1. The van der Waals surface area contributed by atoms with Crippen molar-refractivity contribution < 1.29 is 18.1 Å². The maximum atomic E-state index is 12.9. The number of carbonyl (C=O) groups is 1. The van der Waals surface area contributed by atoms with Gasteiger partial charge in [0.05, 0.1) is 15.5 Å². The Morgan fingerprint density at radius 2 is 2.00 bits per heavy atom. The third kappa shape index (κ3) is 4.21. The number of aromatic nitrogens is 1. The first-order valence-electron chi connectivity index (χ1n) is 8.66. The first kappa shape index (κ1) is 20.4. The molecule has 1 aromatic carbocycles. The van der Waals surface area contributed by atoms with Crippen LogP contribution in [0.1, 0.15) is 24.1 Å². The Balaban J connectivity index is 1.69. The molecule has 0 unspecified atom stereocenters. The maximum absolute atomic E-state index is 12.9. The number of nitrogens with one attached hydrogen (secondary N) is 1. The van der Waals surface area contributed by atoms with Crippen LogP contribution in [0, 0.1) is 29.9 Å². The van der Waals surface area contributed by atoms with E-state index in [2.05, 4.69) is 10.3 Å². The van der Waals surface area contributed by atoms with Crippen molar-refractivity contribution in [1.29, 1.82) is 0 Å². The number of anilines is 1. The van der Waals surface area contributed by atoms with Crippen LogP contribution in [-0.4, -0.2) is 41.6 Å². The van der Waals surface area contributed by atoms with Crippen LogP contribution >= 0.6 is 11.3 Å². The number of nitrogens with zero attached hydrogens (tertiary/aromatic N) is 3. The number of hydrogen-bond acceptors (Lipinski definition) is 7. The molecule has 2 aromatic rings. The van der Waals surface area contributed by atoms with Crippen LogP contribution in [0.4, 0.5) is 10.8 Å². The lowest BCUT2D eigenvalue weighted by molar-refractivity contribution is -0.385. The molecule has 1 aromatic heterocycles. The van der Waals surface area contributed by atoms with E-state index in [-0.39, 0.29) is 35.5 Å². The molecule has 0 bridgehead atoms. The van der Waals surface area contributed by atoms with Gasteiger partial charge in [0.25, 0.3) is 5.69 Å². The number of thiazole rings is 1. The van der Waals surface area contributed by atoms with E-state index in [1.165, 1.54) is 27.8 Å². The number of nitro benzene ring substituents is 1. The highest BCUT2D eigenvalue weighted by molar-refractivity contribution is 7.89. The molecule has 3 rings (SSSR count). The molecule has 1 saturated heterocycles. The van der Waals surface area contributed by atoms with Gasteiger partial charge in [0.2, 0.25) is 15.9 Å². The summed E-state index contributed by atoms with van der Waals surface area (Å²) in [6, 6.07) is 3.81. The fraction of sp³-hybridized carbons (Fsp3) is 0.412. The molecular weight excluding hydrogens is 404 g/mol. The van der Waals surface area contributed by atoms with Crippen LogP contribution in [0.2, 0.25) is 0 Å². The Kier molecular flexibility index (Phi) is 5.77. The fourth-order valence-electron chi connectivity index (χ4n) is 3.10. The van der Waals surface area contributed by atoms with E-state index in [1.807, 2.05) is 12.3 Å². The van der Waals surface area contributed by atoms with Gasteiger partial charge in [-0.15, -0.1) is 11.3 Å². The van der Waals surface area contributed by atoms with Crippen LogP contribution in [0.3, 0.4) is 0 Å². The zero-order valence-electron chi connectivity index (χ0n) is 15.4. The minimum absolute atomic E-state index is 0.0668. The second-order valence-corrected chi connectivity index (χ2v) is 9.43. The predicted molar refractivity (Wildman–Crippen MR) is 105 cm³/mol. The average Bonchev–Trinajstić information content (AvgIpc) is 3.06. The smallest absolute Gasteiger partial charge is 0.270 e. The van der Waals surface area contributed by atoms with Gasteiger partial charge in [0.15, 0.2) is 5.13 Å². The molecule has 1 fully saturated rings. The number of nitro groups is 1. The Hall–Kier alpha value is -2.37. The van der Waals surface area contributed by atoms with Crippen LogP contribution in [0.5, 0.6) is 0 Å². The molecule has 1 aliphatic rings. The summed E-state index contributed by atoms with van der Waals surface area (Å²) in [4.78, 5) is 26.9. The molecule has 150 valence electrons. The van der Waals surface area contributed by atoms with Gasteiger partial charge in [-0.2, -0.15) is 4.31 Å². The first-order chi connectivity index (χ1) is 13.2. The Morgan fingerprint density at radius 3 is 2.57 bits per heavy atom. The minimum atomic E-state index is -3.87. The number of carbonyl (C=O) groups excluding carboxylic acids is 1. The van der Waals surface area contributed by atoms with E-state index in [1.54, 1.807) is 6.92 Å².